The Morgan fingerprint density at radius 1 is 1.15 bits per heavy atom. The molecule has 0 amide bonds. The van der Waals surface area contributed by atoms with Crippen molar-refractivity contribution in [2.24, 2.45) is 0 Å². The van der Waals surface area contributed by atoms with Gasteiger partial charge < -0.3 is 19.5 Å². The summed E-state index contributed by atoms with van der Waals surface area (Å²) < 4.78 is 40.2. The number of rotatable bonds is 7. The zero-order valence-corrected chi connectivity index (χ0v) is 22.3. The van der Waals surface area contributed by atoms with Crippen LogP contribution in [0.25, 0.3) is 22.3 Å². The van der Waals surface area contributed by atoms with Crippen LogP contribution in [-0.2, 0) is 10.0 Å². The van der Waals surface area contributed by atoms with Gasteiger partial charge in [0.15, 0.2) is 5.82 Å². The van der Waals surface area contributed by atoms with Crippen molar-refractivity contribution in [3.63, 3.8) is 0 Å². The second kappa shape index (κ2) is 10.2. The first-order valence-corrected chi connectivity index (χ1v) is 13.5. The van der Waals surface area contributed by atoms with E-state index in [9.17, 15) is 13.5 Å². The Morgan fingerprint density at radius 3 is 2.56 bits per heavy atom. The average molecular weight is 598 g/mol. The number of methoxy groups -OCH3 is 1. The molecule has 4 rings (SSSR count). The van der Waals surface area contributed by atoms with Gasteiger partial charge in [-0.05, 0) is 54.3 Å². The van der Waals surface area contributed by atoms with Crippen LogP contribution < -0.4 is 9.47 Å². The summed E-state index contributed by atoms with van der Waals surface area (Å²) in [4.78, 5) is 11.4. The lowest BCUT2D eigenvalue weighted by Gasteiger charge is -2.31. The molecule has 0 unspecified atom stereocenters. The number of halogens is 1. The van der Waals surface area contributed by atoms with Gasteiger partial charge in [0.1, 0.15) is 17.2 Å². The molecule has 1 aliphatic rings. The fraction of sp³-hybridized carbons (Fsp3) is 0.391. The lowest BCUT2D eigenvalue weighted by atomic mass is 10.1. The average Bonchev–Trinajstić information content (AvgIpc) is 2.84. The third-order valence-electron chi connectivity index (χ3n) is 5.73. The van der Waals surface area contributed by atoms with Gasteiger partial charge in [-0.3, -0.25) is 0 Å². The Labute approximate surface area is 212 Å². The summed E-state index contributed by atoms with van der Waals surface area (Å²) in [5, 5.41) is 10.9. The number of phenolic OH excluding ortho intramolecular Hbond substituents is 1. The van der Waals surface area contributed by atoms with E-state index in [1.54, 1.807) is 18.2 Å². The molecule has 1 aromatic heterocycles. The second-order valence-electron chi connectivity index (χ2n) is 8.08. The molecule has 1 aliphatic heterocycles. The van der Waals surface area contributed by atoms with Gasteiger partial charge in [-0.15, -0.1) is 0 Å². The molecule has 2 heterocycles. The van der Waals surface area contributed by atoms with Crippen LogP contribution in [0.4, 0.5) is 0 Å². The Bertz CT molecular complexity index is 1310. The van der Waals surface area contributed by atoms with Crippen molar-refractivity contribution in [1.82, 2.24) is 19.2 Å². The Balaban J connectivity index is 1.84. The monoisotopic (exact) mass is 598 g/mol. The molecule has 0 aliphatic carbocycles. The second-order valence-corrected chi connectivity index (χ2v) is 11.1. The first-order chi connectivity index (χ1) is 16.3. The maximum atomic E-state index is 13.4. The first kappa shape index (κ1) is 24.9. The minimum atomic E-state index is -3.69. The van der Waals surface area contributed by atoms with Gasteiger partial charge >= 0.3 is 0 Å². The molecular weight excluding hydrogens is 571 g/mol. The van der Waals surface area contributed by atoms with Crippen molar-refractivity contribution in [3.8, 4) is 28.6 Å². The molecule has 0 spiro atoms. The number of sulfonamides is 1. The predicted octanol–water partition coefficient (Wildman–Crippen LogP) is 3.34. The maximum Gasteiger partial charge on any atom is 0.243 e. The van der Waals surface area contributed by atoms with Crippen molar-refractivity contribution in [2.75, 3.05) is 46.9 Å². The van der Waals surface area contributed by atoms with E-state index in [-0.39, 0.29) is 10.6 Å². The third-order valence-corrected chi connectivity index (χ3v) is 8.67. The van der Waals surface area contributed by atoms with Crippen molar-refractivity contribution in [2.45, 2.75) is 18.2 Å². The quantitative estimate of drug-likeness (QED) is 0.413. The van der Waals surface area contributed by atoms with Gasteiger partial charge in [0, 0.05) is 38.4 Å². The van der Waals surface area contributed by atoms with Crippen LogP contribution in [0.2, 0.25) is 0 Å². The van der Waals surface area contributed by atoms with Crippen molar-refractivity contribution in [1.29, 1.82) is 0 Å². The van der Waals surface area contributed by atoms with Gasteiger partial charge in [-0.25, -0.2) is 18.4 Å². The van der Waals surface area contributed by atoms with Crippen LogP contribution in [0.1, 0.15) is 13.3 Å². The molecule has 0 atom stereocenters. The minimum absolute atomic E-state index is 0.00710. The highest BCUT2D eigenvalue weighted by Gasteiger charge is 2.29. The number of benzene rings is 2. The summed E-state index contributed by atoms with van der Waals surface area (Å²) >= 11 is 2.11. The summed E-state index contributed by atoms with van der Waals surface area (Å²) in [6.07, 6.45) is 2.32. The van der Waals surface area contributed by atoms with Gasteiger partial charge in [0.05, 0.1) is 38.6 Å². The Kier molecular flexibility index (Phi) is 7.45. The fourth-order valence-electron chi connectivity index (χ4n) is 3.76. The molecule has 182 valence electrons. The predicted molar refractivity (Wildman–Crippen MR) is 138 cm³/mol. The largest absolute Gasteiger partial charge is 0.507 e. The standard InChI is InChI=1S/C23H27IN4O5S/c1-4-11-33-19-6-5-15(34(30,31)28-9-7-27(2)8-10-28)12-16(19)23-25-14-17-18(29)13-20(32-3)21(24)22(17)26-23/h5-6,12-14,29H,4,7-11H2,1-3H3. The van der Waals surface area contributed by atoms with Crippen LogP contribution in [0.15, 0.2) is 35.4 Å². The summed E-state index contributed by atoms with van der Waals surface area (Å²) in [6, 6.07) is 6.33. The van der Waals surface area contributed by atoms with E-state index in [1.165, 1.54) is 23.7 Å². The summed E-state index contributed by atoms with van der Waals surface area (Å²) in [6.45, 7) is 4.70. The fourth-order valence-corrected chi connectivity index (χ4v) is 5.99. The summed E-state index contributed by atoms with van der Waals surface area (Å²) in [5.41, 5.74) is 0.986. The number of ether oxygens (including phenoxy) is 2. The zero-order chi connectivity index (χ0) is 24.5. The van der Waals surface area contributed by atoms with Crippen LogP contribution >= 0.6 is 22.6 Å². The smallest absolute Gasteiger partial charge is 0.243 e. The number of phenols is 1. The van der Waals surface area contributed by atoms with E-state index in [4.69, 9.17) is 9.47 Å². The van der Waals surface area contributed by atoms with Gasteiger partial charge in [0.25, 0.3) is 0 Å². The van der Waals surface area contributed by atoms with E-state index in [0.717, 1.165) is 6.42 Å². The minimum Gasteiger partial charge on any atom is -0.507 e. The van der Waals surface area contributed by atoms with Crippen molar-refractivity contribution in [3.05, 3.63) is 34.0 Å². The molecule has 9 nitrogen and oxygen atoms in total. The molecule has 3 aromatic rings. The number of nitrogens with zero attached hydrogens (tertiary/aromatic N) is 4. The normalized spacial score (nSPS) is 15.5. The van der Waals surface area contributed by atoms with Crippen LogP contribution in [-0.4, -0.2) is 79.6 Å². The first-order valence-electron chi connectivity index (χ1n) is 10.9. The SMILES string of the molecule is CCCOc1ccc(S(=O)(=O)N2CCN(C)CC2)cc1-c1ncc2c(O)cc(OC)c(I)c2n1. The molecule has 1 fully saturated rings. The lowest BCUT2D eigenvalue weighted by Crippen LogP contribution is -2.47. The number of aromatic hydroxyl groups is 1. The zero-order valence-electron chi connectivity index (χ0n) is 19.3. The molecule has 0 radical (unpaired) electrons. The van der Waals surface area contributed by atoms with Crippen molar-refractivity contribution < 1.29 is 23.0 Å². The highest BCUT2D eigenvalue weighted by molar-refractivity contribution is 14.1. The van der Waals surface area contributed by atoms with Crippen LogP contribution in [0.5, 0.6) is 17.2 Å². The van der Waals surface area contributed by atoms with Gasteiger partial charge in [-0.2, -0.15) is 4.31 Å². The lowest BCUT2D eigenvalue weighted by molar-refractivity contribution is 0.222. The summed E-state index contributed by atoms with van der Waals surface area (Å²) in [7, 11) is -0.186. The van der Waals surface area contributed by atoms with Crippen molar-refractivity contribution >= 4 is 43.5 Å². The third kappa shape index (κ3) is 4.79. The molecular formula is C23H27IN4O5S. The van der Waals surface area contributed by atoms with Crippen LogP contribution in [0, 0.1) is 3.57 Å². The number of fused-ring (bicyclic) bond motifs is 1. The number of hydrogen-bond donors (Lipinski definition) is 1. The van der Waals surface area contributed by atoms with E-state index >= 15 is 0 Å². The molecule has 0 saturated carbocycles. The summed E-state index contributed by atoms with van der Waals surface area (Å²) in [5.74, 6) is 1.30. The van der Waals surface area contributed by atoms with E-state index in [2.05, 4.69) is 37.5 Å². The van der Waals surface area contributed by atoms with E-state index in [0.29, 0.717) is 70.1 Å². The number of piperazine rings is 1. The molecule has 1 saturated heterocycles. The highest BCUT2D eigenvalue weighted by Crippen LogP contribution is 2.37. The van der Waals surface area contributed by atoms with Crippen LogP contribution in [0.3, 0.4) is 0 Å². The molecule has 34 heavy (non-hydrogen) atoms. The topological polar surface area (TPSA) is 105 Å². The number of hydrogen-bond acceptors (Lipinski definition) is 8. The molecule has 0 bridgehead atoms. The number of aromatic nitrogens is 2. The molecule has 11 heteroatoms. The van der Waals surface area contributed by atoms with Gasteiger partial charge in [-0.1, -0.05) is 6.92 Å². The highest BCUT2D eigenvalue weighted by atomic mass is 127. The van der Waals surface area contributed by atoms with E-state index in [1.807, 2.05) is 14.0 Å². The van der Waals surface area contributed by atoms with E-state index < -0.39 is 10.0 Å². The number of likely N-dealkylation sites (N-methyl/N-ethyl adjacent to an activating group) is 1. The van der Waals surface area contributed by atoms with Gasteiger partial charge in [0.2, 0.25) is 10.0 Å². The maximum absolute atomic E-state index is 13.4. The molecule has 2 aromatic carbocycles. The Hall–Kier alpha value is -2.22. The Morgan fingerprint density at radius 2 is 1.88 bits per heavy atom. The molecule has 1 N–H and O–H groups in total.